The monoisotopic (exact) mass is 307 g/mol. The first-order valence-electron chi connectivity index (χ1n) is 6.75. The second-order valence-corrected chi connectivity index (χ2v) is 6.89. The van der Waals surface area contributed by atoms with Crippen LogP contribution in [0.3, 0.4) is 0 Å². The molecule has 2 heterocycles. The van der Waals surface area contributed by atoms with Crippen LogP contribution in [0.25, 0.3) is 0 Å². The lowest BCUT2D eigenvalue weighted by molar-refractivity contribution is 0.251. The number of urea groups is 1. The lowest BCUT2D eigenvalue weighted by atomic mass is 9.93. The number of aryl methyl sites for hydroxylation is 1. The Morgan fingerprint density at radius 3 is 2.67 bits per heavy atom. The molecule has 0 saturated carbocycles. The van der Waals surface area contributed by atoms with Gasteiger partial charge in [-0.25, -0.2) is 9.78 Å². The van der Waals surface area contributed by atoms with Crippen molar-refractivity contribution in [3.63, 3.8) is 0 Å². The van der Waals surface area contributed by atoms with Gasteiger partial charge in [0, 0.05) is 17.8 Å². The molecule has 0 aliphatic rings. The van der Waals surface area contributed by atoms with Crippen LogP contribution in [0.15, 0.2) is 11.6 Å². The molecular formula is C14H21N5OS. The Balaban J connectivity index is 1.90. The van der Waals surface area contributed by atoms with Crippen molar-refractivity contribution in [2.75, 3.05) is 5.32 Å². The maximum Gasteiger partial charge on any atom is 0.319 e. The summed E-state index contributed by atoms with van der Waals surface area (Å²) in [7, 11) is 1.84. The minimum Gasteiger partial charge on any atom is -0.331 e. The van der Waals surface area contributed by atoms with Gasteiger partial charge in [0.15, 0.2) is 0 Å². The molecule has 0 aliphatic heterocycles. The predicted octanol–water partition coefficient (Wildman–Crippen LogP) is 2.80. The molecule has 2 aromatic heterocycles. The second kappa shape index (κ2) is 5.85. The number of carbonyl (C=O) groups excluding carboxylic acids is 1. The first kappa shape index (κ1) is 15.5. The van der Waals surface area contributed by atoms with Gasteiger partial charge in [-0.05, 0) is 6.92 Å². The molecule has 2 aromatic rings. The highest BCUT2D eigenvalue weighted by Crippen LogP contribution is 2.23. The van der Waals surface area contributed by atoms with Gasteiger partial charge < -0.3 is 10.6 Å². The molecule has 0 unspecified atom stereocenters. The average Bonchev–Trinajstić information content (AvgIpc) is 2.98. The van der Waals surface area contributed by atoms with Gasteiger partial charge in [-0.3, -0.25) is 4.68 Å². The van der Waals surface area contributed by atoms with E-state index in [-0.39, 0.29) is 11.4 Å². The Labute approximate surface area is 128 Å². The fourth-order valence-electron chi connectivity index (χ4n) is 1.68. The van der Waals surface area contributed by atoms with Crippen LogP contribution in [-0.4, -0.2) is 20.8 Å². The molecule has 0 aromatic carbocycles. The minimum atomic E-state index is -0.251. The number of thiazole rings is 1. The zero-order valence-corrected chi connectivity index (χ0v) is 13.8. The van der Waals surface area contributed by atoms with Gasteiger partial charge in [0.2, 0.25) is 0 Å². The van der Waals surface area contributed by atoms with Crippen LogP contribution >= 0.6 is 11.3 Å². The number of amides is 2. The van der Waals surface area contributed by atoms with E-state index in [1.807, 2.05) is 19.4 Å². The fraction of sp³-hybridized carbons (Fsp3) is 0.500. The molecule has 2 N–H and O–H groups in total. The van der Waals surface area contributed by atoms with Gasteiger partial charge in [0.1, 0.15) is 5.01 Å². The summed E-state index contributed by atoms with van der Waals surface area (Å²) in [6, 6.07) is -0.251. The molecular weight excluding hydrogens is 286 g/mol. The minimum absolute atomic E-state index is 0.0316. The van der Waals surface area contributed by atoms with Gasteiger partial charge >= 0.3 is 6.03 Å². The third-order valence-electron chi connectivity index (χ3n) is 3.20. The number of nitrogens with zero attached hydrogens (tertiary/aromatic N) is 3. The molecule has 0 aliphatic carbocycles. The standard InChI is InChI=1S/C14H21N5OS/c1-9-10(6-16-19(9)5)17-13(20)15-7-12-18-11(8-21-12)14(2,3)4/h6,8H,7H2,1-5H3,(H2,15,17,20). The summed E-state index contributed by atoms with van der Waals surface area (Å²) in [6.07, 6.45) is 1.63. The summed E-state index contributed by atoms with van der Waals surface area (Å²) in [5.41, 5.74) is 2.70. The lowest BCUT2D eigenvalue weighted by Gasteiger charge is -2.14. The van der Waals surface area contributed by atoms with Crippen LogP contribution in [0.2, 0.25) is 0 Å². The van der Waals surface area contributed by atoms with Crippen molar-refractivity contribution in [3.05, 3.63) is 28.0 Å². The predicted molar refractivity (Wildman–Crippen MR) is 84.6 cm³/mol. The largest absolute Gasteiger partial charge is 0.331 e. The molecule has 0 radical (unpaired) electrons. The van der Waals surface area contributed by atoms with E-state index in [1.54, 1.807) is 22.2 Å². The van der Waals surface area contributed by atoms with E-state index >= 15 is 0 Å². The van der Waals surface area contributed by atoms with Crippen LogP contribution in [0, 0.1) is 6.92 Å². The number of anilines is 1. The molecule has 6 nitrogen and oxygen atoms in total. The molecule has 0 saturated heterocycles. The van der Waals surface area contributed by atoms with Crippen LogP contribution < -0.4 is 10.6 Å². The number of nitrogens with one attached hydrogen (secondary N) is 2. The molecule has 2 amide bonds. The molecule has 0 atom stereocenters. The summed E-state index contributed by atoms with van der Waals surface area (Å²) in [6.45, 7) is 8.69. The summed E-state index contributed by atoms with van der Waals surface area (Å²) < 4.78 is 1.71. The quantitative estimate of drug-likeness (QED) is 0.916. The number of hydrogen-bond donors (Lipinski definition) is 2. The van der Waals surface area contributed by atoms with E-state index < -0.39 is 0 Å². The molecule has 7 heteroatoms. The van der Waals surface area contributed by atoms with Gasteiger partial charge in [-0.1, -0.05) is 20.8 Å². The zero-order valence-electron chi connectivity index (χ0n) is 13.0. The summed E-state index contributed by atoms with van der Waals surface area (Å²) in [5, 5.41) is 12.6. The number of hydrogen-bond acceptors (Lipinski definition) is 4. The number of carbonyl (C=O) groups is 1. The molecule has 0 fully saturated rings. The van der Waals surface area contributed by atoms with Gasteiger partial charge in [0.25, 0.3) is 0 Å². The maximum atomic E-state index is 11.9. The van der Waals surface area contributed by atoms with Crippen LogP contribution in [-0.2, 0) is 19.0 Å². The topological polar surface area (TPSA) is 71.8 Å². The van der Waals surface area contributed by atoms with Crippen LogP contribution in [0.1, 0.15) is 37.2 Å². The van der Waals surface area contributed by atoms with Gasteiger partial charge in [0.05, 0.1) is 29.8 Å². The number of rotatable bonds is 3. The molecule has 21 heavy (non-hydrogen) atoms. The molecule has 0 bridgehead atoms. The molecule has 114 valence electrons. The highest BCUT2D eigenvalue weighted by molar-refractivity contribution is 7.09. The van der Waals surface area contributed by atoms with E-state index in [2.05, 4.69) is 41.5 Å². The third-order valence-corrected chi connectivity index (χ3v) is 4.05. The van der Waals surface area contributed by atoms with Crippen molar-refractivity contribution < 1.29 is 4.79 Å². The number of aromatic nitrogens is 3. The maximum absolute atomic E-state index is 11.9. The normalized spacial score (nSPS) is 11.5. The zero-order chi connectivity index (χ0) is 15.6. The van der Waals surface area contributed by atoms with E-state index in [1.165, 1.54) is 0 Å². The summed E-state index contributed by atoms with van der Waals surface area (Å²) in [4.78, 5) is 16.4. The van der Waals surface area contributed by atoms with Gasteiger partial charge in [-0.2, -0.15) is 5.10 Å². The van der Waals surface area contributed by atoms with E-state index in [4.69, 9.17) is 0 Å². The van der Waals surface area contributed by atoms with E-state index in [0.717, 1.165) is 16.4 Å². The molecule has 0 spiro atoms. The van der Waals surface area contributed by atoms with Crippen LogP contribution in [0.4, 0.5) is 10.5 Å². The smallest absolute Gasteiger partial charge is 0.319 e. The van der Waals surface area contributed by atoms with Crippen molar-refractivity contribution in [1.82, 2.24) is 20.1 Å². The summed E-state index contributed by atoms with van der Waals surface area (Å²) >= 11 is 1.56. The van der Waals surface area contributed by atoms with Gasteiger partial charge in [-0.15, -0.1) is 11.3 Å². The van der Waals surface area contributed by atoms with Crippen molar-refractivity contribution >= 4 is 23.1 Å². The Morgan fingerprint density at radius 1 is 1.43 bits per heavy atom. The Kier molecular flexibility index (Phi) is 4.32. The second-order valence-electron chi connectivity index (χ2n) is 5.95. The van der Waals surface area contributed by atoms with Crippen LogP contribution in [0.5, 0.6) is 0 Å². The van der Waals surface area contributed by atoms with Crippen molar-refractivity contribution in [2.24, 2.45) is 7.05 Å². The van der Waals surface area contributed by atoms with E-state index in [0.29, 0.717) is 12.2 Å². The summed E-state index contributed by atoms with van der Waals surface area (Å²) in [5.74, 6) is 0. The lowest BCUT2D eigenvalue weighted by Crippen LogP contribution is -2.28. The van der Waals surface area contributed by atoms with Crippen molar-refractivity contribution in [2.45, 2.75) is 39.7 Å². The van der Waals surface area contributed by atoms with Crippen molar-refractivity contribution in [3.8, 4) is 0 Å². The van der Waals surface area contributed by atoms with E-state index in [9.17, 15) is 4.79 Å². The first-order chi connectivity index (χ1) is 9.77. The Morgan fingerprint density at radius 2 is 2.14 bits per heavy atom. The highest BCUT2D eigenvalue weighted by atomic mass is 32.1. The first-order valence-corrected chi connectivity index (χ1v) is 7.63. The third kappa shape index (κ3) is 3.81. The Hall–Kier alpha value is -1.89. The van der Waals surface area contributed by atoms with Crippen molar-refractivity contribution in [1.29, 1.82) is 0 Å². The fourth-order valence-corrected chi connectivity index (χ4v) is 2.64. The Bertz CT molecular complexity index is 638. The highest BCUT2D eigenvalue weighted by Gasteiger charge is 2.17. The SMILES string of the molecule is Cc1c(NC(=O)NCc2nc(C(C)(C)C)cs2)cnn1C. The average molecular weight is 307 g/mol. The molecule has 2 rings (SSSR count).